The number of hydrogen-bond acceptors (Lipinski definition) is 4. The van der Waals surface area contributed by atoms with E-state index in [-0.39, 0.29) is 5.56 Å². The molecule has 0 fully saturated rings. The molecule has 5 nitrogen and oxygen atoms in total. The lowest BCUT2D eigenvalue weighted by Gasteiger charge is -2.12. The Morgan fingerprint density at radius 1 is 1.13 bits per heavy atom. The number of hydrogen-bond donors (Lipinski definition) is 2. The third kappa shape index (κ3) is 3.19. The smallest absolute Gasteiger partial charge is 0.340 e. The molecular weight excluding hydrogens is 316 g/mol. The number of anilines is 2. The summed E-state index contributed by atoms with van der Waals surface area (Å²) in [6.07, 6.45) is 0. The number of nitrogens with one attached hydrogen (secondary N) is 2. The van der Waals surface area contributed by atoms with Crippen LogP contribution in [0.25, 0.3) is 10.9 Å². The van der Waals surface area contributed by atoms with Gasteiger partial charge in [-0.15, -0.1) is 0 Å². The maximum absolute atomic E-state index is 11.9. The van der Waals surface area contributed by atoms with Gasteiger partial charge in [-0.2, -0.15) is 0 Å². The molecule has 1 aromatic heterocycles. The quantitative estimate of drug-likeness (QED) is 0.719. The fourth-order valence-electron chi connectivity index (χ4n) is 2.29. The Labute approximate surface area is 136 Å². The molecule has 0 unspecified atom stereocenters. The van der Waals surface area contributed by atoms with E-state index in [4.69, 9.17) is 16.3 Å². The van der Waals surface area contributed by atoms with Gasteiger partial charge in [0.1, 0.15) is 0 Å². The summed E-state index contributed by atoms with van der Waals surface area (Å²) in [5.74, 6) is -0.472. The first-order valence-corrected chi connectivity index (χ1v) is 7.22. The number of pyridine rings is 1. The molecule has 0 spiro atoms. The number of esters is 1. The number of ether oxygens (including phenoxy) is 1. The van der Waals surface area contributed by atoms with Gasteiger partial charge >= 0.3 is 5.97 Å². The van der Waals surface area contributed by atoms with Gasteiger partial charge in [-0.1, -0.05) is 11.6 Å². The standard InChI is InChI=1S/C17H13ClN2O3/c1-23-17(22)13-9-11(18)3-5-15(13)19-12-4-6-14-10(8-12)2-7-16(21)20-14/h2-9,19H,1H3,(H,20,21). The molecule has 2 N–H and O–H groups in total. The van der Waals surface area contributed by atoms with Crippen molar-refractivity contribution in [3.05, 3.63) is 69.5 Å². The Morgan fingerprint density at radius 2 is 1.96 bits per heavy atom. The Hall–Kier alpha value is -2.79. The monoisotopic (exact) mass is 328 g/mol. The van der Waals surface area contributed by atoms with Crippen molar-refractivity contribution >= 4 is 39.8 Å². The molecule has 0 radical (unpaired) electrons. The third-order valence-corrected chi connectivity index (χ3v) is 3.62. The zero-order valence-electron chi connectivity index (χ0n) is 12.2. The van der Waals surface area contributed by atoms with Gasteiger partial charge in [0, 0.05) is 27.7 Å². The molecule has 1 heterocycles. The van der Waals surface area contributed by atoms with E-state index in [0.29, 0.717) is 16.3 Å². The first-order valence-electron chi connectivity index (χ1n) is 6.85. The first kappa shape index (κ1) is 15.1. The van der Waals surface area contributed by atoms with Crippen molar-refractivity contribution in [2.75, 3.05) is 12.4 Å². The van der Waals surface area contributed by atoms with Crippen LogP contribution in [0.3, 0.4) is 0 Å². The van der Waals surface area contributed by atoms with Crippen molar-refractivity contribution in [1.82, 2.24) is 4.98 Å². The SMILES string of the molecule is COC(=O)c1cc(Cl)ccc1Nc1ccc2[nH]c(=O)ccc2c1. The number of rotatable bonds is 3. The second kappa shape index (κ2) is 6.14. The van der Waals surface area contributed by atoms with E-state index in [1.54, 1.807) is 30.3 Å². The Bertz CT molecular complexity index is 950. The molecule has 0 amide bonds. The lowest BCUT2D eigenvalue weighted by molar-refractivity contribution is 0.0602. The molecule has 2 aromatic carbocycles. The normalized spacial score (nSPS) is 10.5. The van der Waals surface area contributed by atoms with Gasteiger partial charge in [0.05, 0.1) is 18.4 Å². The number of carbonyl (C=O) groups excluding carboxylic acids is 1. The molecule has 0 saturated heterocycles. The van der Waals surface area contributed by atoms with Crippen molar-refractivity contribution in [1.29, 1.82) is 0 Å². The Kier molecular flexibility index (Phi) is 4.04. The minimum absolute atomic E-state index is 0.149. The molecule has 0 atom stereocenters. The number of fused-ring (bicyclic) bond motifs is 1. The van der Waals surface area contributed by atoms with Crippen molar-refractivity contribution < 1.29 is 9.53 Å². The van der Waals surface area contributed by atoms with E-state index in [2.05, 4.69) is 10.3 Å². The fraction of sp³-hybridized carbons (Fsp3) is 0.0588. The van der Waals surface area contributed by atoms with Crippen LogP contribution >= 0.6 is 11.6 Å². The van der Waals surface area contributed by atoms with Crippen LogP contribution in [-0.4, -0.2) is 18.1 Å². The minimum atomic E-state index is -0.472. The summed E-state index contributed by atoms with van der Waals surface area (Å²) in [4.78, 5) is 25.9. The molecule has 3 aromatic rings. The molecule has 23 heavy (non-hydrogen) atoms. The minimum Gasteiger partial charge on any atom is -0.465 e. The number of benzene rings is 2. The van der Waals surface area contributed by atoms with Gasteiger partial charge in [-0.05, 0) is 42.5 Å². The van der Waals surface area contributed by atoms with Crippen LogP contribution in [0.1, 0.15) is 10.4 Å². The Balaban J connectivity index is 2.00. The van der Waals surface area contributed by atoms with Gasteiger partial charge < -0.3 is 15.0 Å². The van der Waals surface area contributed by atoms with Gasteiger partial charge in [0.2, 0.25) is 5.56 Å². The highest BCUT2D eigenvalue weighted by molar-refractivity contribution is 6.31. The lowest BCUT2D eigenvalue weighted by Crippen LogP contribution is -2.06. The van der Waals surface area contributed by atoms with Gasteiger partial charge in [0.15, 0.2) is 0 Å². The first-order chi connectivity index (χ1) is 11.1. The average Bonchev–Trinajstić information content (AvgIpc) is 2.56. The fourth-order valence-corrected chi connectivity index (χ4v) is 2.46. The van der Waals surface area contributed by atoms with E-state index in [0.717, 1.165) is 16.6 Å². The summed E-state index contributed by atoms with van der Waals surface area (Å²) in [7, 11) is 1.32. The number of methoxy groups -OCH3 is 1. The summed E-state index contributed by atoms with van der Waals surface area (Å²) in [6, 6.07) is 13.6. The Morgan fingerprint density at radius 3 is 2.74 bits per heavy atom. The number of aromatic nitrogens is 1. The molecule has 6 heteroatoms. The van der Waals surface area contributed by atoms with Crippen LogP contribution in [0.2, 0.25) is 5.02 Å². The summed E-state index contributed by atoms with van der Waals surface area (Å²) in [5.41, 5.74) is 2.31. The molecule has 116 valence electrons. The van der Waals surface area contributed by atoms with Crippen molar-refractivity contribution in [2.24, 2.45) is 0 Å². The van der Waals surface area contributed by atoms with Crippen molar-refractivity contribution in [2.45, 2.75) is 0 Å². The van der Waals surface area contributed by atoms with Crippen LogP contribution in [-0.2, 0) is 4.74 Å². The summed E-state index contributed by atoms with van der Waals surface area (Å²) in [6.45, 7) is 0. The van der Waals surface area contributed by atoms with E-state index >= 15 is 0 Å². The van der Waals surface area contributed by atoms with Crippen molar-refractivity contribution in [3.63, 3.8) is 0 Å². The predicted molar refractivity (Wildman–Crippen MR) is 90.6 cm³/mol. The summed E-state index contributed by atoms with van der Waals surface area (Å²) >= 11 is 5.94. The van der Waals surface area contributed by atoms with Crippen molar-refractivity contribution in [3.8, 4) is 0 Å². The number of H-pyrrole nitrogens is 1. The average molecular weight is 329 g/mol. The zero-order chi connectivity index (χ0) is 16.4. The van der Waals surface area contributed by atoms with E-state index in [1.165, 1.54) is 13.2 Å². The summed E-state index contributed by atoms with van der Waals surface area (Å²) in [5, 5.41) is 4.50. The van der Waals surface area contributed by atoms with Crippen LogP contribution in [0.15, 0.2) is 53.3 Å². The second-order valence-corrected chi connectivity index (χ2v) is 5.37. The van der Waals surface area contributed by atoms with Crippen LogP contribution in [0.5, 0.6) is 0 Å². The molecule has 0 aliphatic rings. The maximum atomic E-state index is 11.9. The molecule has 0 bridgehead atoms. The number of halogens is 1. The topological polar surface area (TPSA) is 71.2 Å². The van der Waals surface area contributed by atoms with Crippen LogP contribution in [0.4, 0.5) is 11.4 Å². The van der Waals surface area contributed by atoms with Crippen LogP contribution < -0.4 is 10.9 Å². The number of aromatic amines is 1. The predicted octanol–water partition coefficient (Wildman–Crippen LogP) is 3.71. The van der Waals surface area contributed by atoms with Gasteiger partial charge in [-0.3, -0.25) is 4.79 Å². The van der Waals surface area contributed by atoms with Crippen LogP contribution in [0, 0.1) is 0 Å². The highest BCUT2D eigenvalue weighted by Gasteiger charge is 2.13. The largest absolute Gasteiger partial charge is 0.465 e. The molecule has 3 rings (SSSR count). The third-order valence-electron chi connectivity index (χ3n) is 3.39. The molecule has 0 saturated carbocycles. The van der Waals surface area contributed by atoms with E-state index < -0.39 is 5.97 Å². The van der Waals surface area contributed by atoms with Gasteiger partial charge in [0.25, 0.3) is 0 Å². The number of carbonyl (C=O) groups is 1. The maximum Gasteiger partial charge on any atom is 0.340 e. The van der Waals surface area contributed by atoms with E-state index in [9.17, 15) is 9.59 Å². The molecule has 0 aliphatic heterocycles. The summed E-state index contributed by atoms with van der Waals surface area (Å²) < 4.78 is 4.78. The zero-order valence-corrected chi connectivity index (χ0v) is 13.0. The van der Waals surface area contributed by atoms with E-state index in [1.807, 2.05) is 12.1 Å². The second-order valence-electron chi connectivity index (χ2n) is 4.93. The highest BCUT2D eigenvalue weighted by Crippen LogP contribution is 2.26. The molecular formula is C17H13ClN2O3. The highest BCUT2D eigenvalue weighted by atomic mass is 35.5. The van der Waals surface area contributed by atoms with Gasteiger partial charge in [-0.25, -0.2) is 4.79 Å². The lowest BCUT2D eigenvalue weighted by atomic mass is 10.1. The molecule has 0 aliphatic carbocycles.